The molecule has 0 spiro atoms. The highest BCUT2D eigenvalue weighted by Crippen LogP contribution is 2.11. The highest BCUT2D eigenvalue weighted by molar-refractivity contribution is 7.85. The summed E-state index contributed by atoms with van der Waals surface area (Å²) in [4.78, 5) is 14.9. The van der Waals surface area contributed by atoms with E-state index in [1.165, 1.54) is 6.20 Å². The van der Waals surface area contributed by atoms with Crippen LogP contribution >= 0.6 is 0 Å². The van der Waals surface area contributed by atoms with Gasteiger partial charge in [0, 0.05) is 11.6 Å². The molecule has 0 bridgehead atoms. The van der Waals surface area contributed by atoms with E-state index in [1.54, 1.807) is 6.07 Å². The van der Waals surface area contributed by atoms with Crippen LogP contribution in [0.25, 0.3) is 10.9 Å². The molecule has 1 aromatic carbocycles. The number of hydrogen-bond acceptors (Lipinski definition) is 4. The van der Waals surface area contributed by atoms with Crippen molar-refractivity contribution in [1.82, 2.24) is 4.98 Å². The van der Waals surface area contributed by atoms with Gasteiger partial charge in [-0.05, 0) is 12.1 Å². The molecule has 0 unspecified atom stereocenters. The fourth-order valence-electron chi connectivity index (χ4n) is 1.21. The summed E-state index contributed by atoms with van der Waals surface area (Å²) >= 11 is 0. The maximum absolute atomic E-state index is 10.8. The number of amides is 1. The summed E-state index contributed by atoms with van der Waals surface area (Å²) in [7, 11) is -3.67. The second-order valence-corrected chi connectivity index (χ2v) is 4.98. The van der Waals surface area contributed by atoms with Gasteiger partial charge in [-0.1, -0.05) is 18.2 Å². The van der Waals surface area contributed by atoms with Gasteiger partial charge in [-0.15, -0.1) is 0 Å². The summed E-state index contributed by atoms with van der Waals surface area (Å²) in [6, 6.07) is 9.33. The number of hydrogen-bond donors (Lipinski definition) is 2. The molecule has 0 saturated heterocycles. The Morgan fingerprint density at radius 3 is 2.44 bits per heavy atom. The number of aromatic nitrogens is 1. The second kappa shape index (κ2) is 5.56. The molecule has 1 amide bonds. The Kier molecular flexibility index (Phi) is 4.35. The Morgan fingerprint density at radius 1 is 1.33 bits per heavy atom. The van der Waals surface area contributed by atoms with E-state index in [-0.39, 0.29) is 0 Å². The smallest absolute Gasteiger partial charge is 0.261 e. The van der Waals surface area contributed by atoms with Crippen LogP contribution in [0.2, 0.25) is 0 Å². The Bertz CT molecular complexity index is 660. The molecule has 0 radical (unpaired) electrons. The predicted molar refractivity (Wildman–Crippen MR) is 67.7 cm³/mol. The summed E-state index contributed by atoms with van der Waals surface area (Å²) in [6.07, 6.45) is 2.21. The molecule has 7 heteroatoms. The first-order valence-electron chi connectivity index (χ1n) is 4.84. The number of carbonyl (C=O) groups is 1. The quantitative estimate of drug-likeness (QED) is 0.744. The zero-order valence-electron chi connectivity index (χ0n) is 9.57. The molecule has 96 valence electrons. The minimum Gasteiger partial charge on any atom is -0.366 e. The van der Waals surface area contributed by atoms with Crippen LogP contribution < -0.4 is 5.73 Å². The van der Waals surface area contributed by atoms with Gasteiger partial charge in [0.1, 0.15) is 0 Å². The van der Waals surface area contributed by atoms with Crippen molar-refractivity contribution in [2.45, 2.75) is 0 Å². The molecule has 1 heterocycles. The molecule has 6 nitrogen and oxygen atoms in total. The lowest BCUT2D eigenvalue weighted by Crippen LogP contribution is -2.10. The molecule has 0 aliphatic carbocycles. The van der Waals surface area contributed by atoms with Gasteiger partial charge >= 0.3 is 0 Å². The fraction of sp³-hybridized carbons (Fsp3) is 0.0909. The summed E-state index contributed by atoms with van der Waals surface area (Å²) in [5.74, 6) is -0.446. The summed E-state index contributed by atoms with van der Waals surface area (Å²) in [5.41, 5.74) is 6.44. The Morgan fingerprint density at radius 2 is 1.89 bits per heavy atom. The molecule has 0 atom stereocenters. The number of fused-ring (bicyclic) bond motifs is 1. The van der Waals surface area contributed by atoms with Crippen LogP contribution in [-0.2, 0) is 10.1 Å². The van der Waals surface area contributed by atoms with Crippen LogP contribution in [0.1, 0.15) is 10.4 Å². The third kappa shape index (κ3) is 4.89. The van der Waals surface area contributed by atoms with Gasteiger partial charge in [-0.2, -0.15) is 8.42 Å². The molecule has 0 saturated carbocycles. The minimum absolute atomic E-state index is 0.443. The van der Waals surface area contributed by atoms with E-state index in [1.807, 2.05) is 24.3 Å². The highest BCUT2D eigenvalue weighted by atomic mass is 32.2. The van der Waals surface area contributed by atoms with Crippen LogP contribution in [0.15, 0.2) is 36.5 Å². The van der Waals surface area contributed by atoms with Crippen molar-refractivity contribution in [3.05, 3.63) is 42.1 Å². The molecule has 18 heavy (non-hydrogen) atoms. The molecule has 0 aliphatic rings. The number of carbonyl (C=O) groups excluding carboxylic acids is 1. The van der Waals surface area contributed by atoms with E-state index in [9.17, 15) is 13.2 Å². The van der Waals surface area contributed by atoms with Crippen molar-refractivity contribution in [3.8, 4) is 0 Å². The van der Waals surface area contributed by atoms with E-state index < -0.39 is 16.0 Å². The van der Waals surface area contributed by atoms with Gasteiger partial charge in [0.25, 0.3) is 10.1 Å². The standard InChI is InChI=1S/C10H8N2O.CH4O3S/c11-10(13)8-5-7-3-1-2-4-9(7)12-6-8;1-5(2,3)4/h1-6H,(H2,11,13);1H3,(H,2,3,4). The number of rotatable bonds is 1. The third-order valence-electron chi connectivity index (χ3n) is 1.87. The lowest BCUT2D eigenvalue weighted by Gasteiger charge is -1.97. The van der Waals surface area contributed by atoms with Gasteiger partial charge in [0.05, 0.1) is 17.3 Å². The zero-order chi connectivity index (χ0) is 13.8. The van der Waals surface area contributed by atoms with Crippen LogP contribution in [0.4, 0.5) is 0 Å². The fourth-order valence-corrected chi connectivity index (χ4v) is 1.21. The first kappa shape index (κ1) is 14.1. The molecule has 2 rings (SSSR count). The van der Waals surface area contributed by atoms with E-state index in [4.69, 9.17) is 10.3 Å². The molecule has 0 fully saturated rings. The van der Waals surface area contributed by atoms with Crippen LogP contribution in [0.3, 0.4) is 0 Å². The molecular weight excluding hydrogens is 256 g/mol. The Hall–Kier alpha value is -1.99. The van der Waals surface area contributed by atoms with Gasteiger partial charge in [0.2, 0.25) is 5.91 Å². The van der Waals surface area contributed by atoms with E-state index in [0.717, 1.165) is 10.9 Å². The van der Waals surface area contributed by atoms with Gasteiger partial charge in [-0.3, -0.25) is 14.3 Å². The first-order chi connectivity index (χ1) is 8.27. The summed E-state index contributed by atoms with van der Waals surface area (Å²) in [6.45, 7) is 0. The van der Waals surface area contributed by atoms with Crippen molar-refractivity contribution in [2.75, 3.05) is 6.26 Å². The molecule has 3 N–H and O–H groups in total. The number of nitrogens with zero attached hydrogens (tertiary/aromatic N) is 1. The lowest BCUT2D eigenvalue weighted by molar-refractivity contribution is 0.1000. The molecule has 1 aromatic heterocycles. The number of nitrogens with two attached hydrogens (primary N) is 1. The van der Waals surface area contributed by atoms with Crippen LogP contribution in [0.5, 0.6) is 0 Å². The largest absolute Gasteiger partial charge is 0.366 e. The van der Waals surface area contributed by atoms with Crippen molar-refractivity contribution in [1.29, 1.82) is 0 Å². The molecular formula is C11H12N2O4S. The van der Waals surface area contributed by atoms with Crippen molar-refractivity contribution < 1.29 is 17.8 Å². The van der Waals surface area contributed by atoms with E-state index in [2.05, 4.69) is 4.98 Å². The van der Waals surface area contributed by atoms with Crippen molar-refractivity contribution in [2.24, 2.45) is 5.73 Å². The van der Waals surface area contributed by atoms with Crippen molar-refractivity contribution in [3.63, 3.8) is 0 Å². The SMILES string of the molecule is CS(=O)(=O)O.NC(=O)c1cnc2ccccc2c1. The number of primary amides is 1. The maximum Gasteiger partial charge on any atom is 0.261 e. The monoisotopic (exact) mass is 268 g/mol. The number of pyridine rings is 1. The molecule has 0 aliphatic heterocycles. The lowest BCUT2D eigenvalue weighted by atomic mass is 10.1. The normalized spacial score (nSPS) is 10.6. The number of para-hydroxylation sites is 1. The Balaban J connectivity index is 0.000000280. The average Bonchev–Trinajstić information content (AvgIpc) is 2.26. The van der Waals surface area contributed by atoms with Gasteiger partial charge < -0.3 is 5.73 Å². The zero-order valence-corrected chi connectivity index (χ0v) is 10.4. The van der Waals surface area contributed by atoms with E-state index >= 15 is 0 Å². The van der Waals surface area contributed by atoms with Gasteiger partial charge in [-0.25, -0.2) is 0 Å². The predicted octanol–water partition coefficient (Wildman–Crippen LogP) is 0.838. The van der Waals surface area contributed by atoms with Crippen LogP contribution in [0, 0.1) is 0 Å². The maximum atomic E-state index is 10.8. The summed E-state index contributed by atoms with van der Waals surface area (Å²) < 4.78 is 25.9. The summed E-state index contributed by atoms with van der Waals surface area (Å²) in [5, 5.41) is 0.929. The first-order valence-corrected chi connectivity index (χ1v) is 6.69. The highest BCUT2D eigenvalue weighted by Gasteiger charge is 2.01. The minimum atomic E-state index is -3.67. The molecule has 2 aromatic rings. The van der Waals surface area contributed by atoms with Crippen molar-refractivity contribution >= 4 is 26.9 Å². The average molecular weight is 268 g/mol. The van der Waals surface area contributed by atoms with E-state index in [0.29, 0.717) is 11.8 Å². The Labute approximate surface area is 104 Å². The number of benzene rings is 1. The second-order valence-electron chi connectivity index (χ2n) is 3.51. The third-order valence-corrected chi connectivity index (χ3v) is 1.87. The van der Waals surface area contributed by atoms with Crippen LogP contribution in [-0.4, -0.2) is 30.1 Å². The van der Waals surface area contributed by atoms with Gasteiger partial charge in [0.15, 0.2) is 0 Å². The topological polar surface area (TPSA) is 110 Å².